The zero-order valence-electron chi connectivity index (χ0n) is 27.8. The van der Waals surface area contributed by atoms with Gasteiger partial charge in [-0.25, -0.2) is 13.6 Å². The Hall–Kier alpha value is -5.05. The molecular formula is C38H43F2N5O5. The van der Waals surface area contributed by atoms with Crippen LogP contribution in [0.25, 0.3) is 10.8 Å². The van der Waals surface area contributed by atoms with Crippen LogP contribution in [0, 0.1) is 23.2 Å². The number of halogens is 2. The molecule has 1 heterocycles. The number of alkyl carbamates (subject to hydrolysis) is 1. The number of rotatable bonds is 13. The van der Waals surface area contributed by atoms with E-state index in [2.05, 4.69) is 27.3 Å². The molecule has 2 fully saturated rings. The van der Waals surface area contributed by atoms with Gasteiger partial charge in [-0.1, -0.05) is 72.8 Å². The minimum absolute atomic E-state index is 0.0266. The van der Waals surface area contributed by atoms with Crippen LogP contribution in [0.5, 0.6) is 0 Å². The highest BCUT2D eigenvalue weighted by atomic mass is 19.3. The highest BCUT2D eigenvalue weighted by molar-refractivity contribution is 5.93. The van der Waals surface area contributed by atoms with Crippen LogP contribution in [-0.4, -0.2) is 54.4 Å². The summed E-state index contributed by atoms with van der Waals surface area (Å²) in [7, 11) is 0. The minimum atomic E-state index is -2.78. The van der Waals surface area contributed by atoms with Crippen LogP contribution in [0.15, 0.2) is 72.8 Å². The molecule has 264 valence electrons. The lowest BCUT2D eigenvalue weighted by Crippen LogP contribution is -2.56. The van der Waals surface area contributed by atoms with E-state index in [1.807, 2.05) is 60.7 Å². The van der Waals surface area contributed by atoms with E-state index in [1.54, 1.807) is 12.1 Å². The molecule has 10 nitrogen and oxygen atoms in total. The van der Waals surface area contributed by atoms with Gasteiger partial charge in [-0.3, -0.25) is 14.4 Å². The lowest BCUT2D eigenvalue weighted by atomic mass is 9.82. The summed E-state index contributed by atoms with van der Waals surface area (Å²) in [6.45, 7) is 0.530. The third kappa shape index (κ3) is 10.2. The number of nitriles is 1. The zero-order valence-corrected chi connectivity index (χ0v) is 27.8. The van der Waals surface area contributed by atoms with E-state index < -0.39 is 47.9 Å². The Morgan fingerprint density at radius 2 is 1.58 bits per heavy atom. The second kappa shape index (κ2) is 17.1. The summed E-state index contributed by atoms with van der Waals surface area (Å²) in [6.07, 6.45) is 0.421. The molecule has 3 aromatic carbocycles. The molecule has 0 unspecified atom stereocenters. The van der Waals surface area contributed by atoms with Gasteiger partial charge in [0.05, 0.1) is 6.07 Å². The van der Waals surface area contributed by atoms with Crippen molar-refractivity contribution in [2.24, 2.45) is 11.8 Å². The molecule has 12 heteroatoms. The van der Waals surface area contributed by atoms with Gasteiger partial charge >= 0.3 is 6.09 Å². The Bertz CT molecular complexity index is 1680. The average molecular weight is 688 g/mol. The molecule has 5 rings (SSSR count). The van der Waals surface area contributed by atoms with Crippen LogP contribution in [0.3, 0.4) is 0 Å². The van der Waals surface area contributed by atoms with Crippen LogP contribution in [-0.2, 0) is 32.1 Å². The van der Waals surface area contributed by atoms with Gasteiger partial charge in [0.25, 0.3) is 0 Å². The topological polar surface area (TPSA) is 149 Å². The Morgan fingerprint density at radius 1 is 0.880 bits per heavy atom. The Morgan fingerprint density at radius 3 is 2.32 bits per heavy atom. The van der Waals surface area contributed by atoms with Crippen LogP contribution < -0.4 is 21.3 Å². The highest BCUT2D eigenvalue weighted by Crippen LogP contribution is 2.38. The van der Waals surface area contributed by atoms with Crippen LogP contribution in [0.4, 0.5) is 13.6 Å². The number of hydrogen-bond donors (Lipinski definition) is 4. The number of nitrogens with zero attached hydrogens (tertiary/aromatic N) is 1. The Balaban J connectivity index is 1.35. The fourth-order valence-corrected chi connectivity index (χ4v) is 6.74. The Kier molecular flexibility index (Phi) is 12.4. The third-order valence-electron chi connectivity index (χ3n) is 9.56. The number of piperidine rings is 1. The van der Waals surface area contributed by atoms with Crippen molar-refractivity contribution < 1.29 is 32.7 Å². The number of carbonyl (C=O) groups is 4. The van der Waals surface area contributed by atoms with Gasteiger partial charge in [0.2, 0.25) is 23.6 Å². The minimum Gasteiger partial charge on any atom is -0.445 e. The molecule has 2 aliphatic rings. The first-order chi connectivity index (χ1) is 24.1. The summed E-state index contributed by atoms with van der Waals surface area (Å²) in [5.74, 6) is -5.02. The molecule has 1 saturated heterocycles. The molecule has 3 aromatic rings. The largest absolute Gasteiger partial charge is 0.445 e. The first-order valence-corrected chi connectivity index (χ1v) is 17.2. The van der Waals surface area contributed by atoms with Gasteiger partial charge in [0.15, 0.2) is 0 Å². The van der Waals surface area contributed by atoms with E-state index in [0.29, 0.717) is 13.0 Å². The Labute approximate surface area is 290 Å². The molecule has 1 aliphatic carbocycles. The lowest BCUT2D eigenvalue weighted by Gasteiger charge is -2.32. The van der Waals surface area contributed by atoms with Crippen LogP contribution in [0.2, 0.25) is 0 Å². The fourth-order valence-electron chi connectivity index (χ4n) is 6.74. The normalized spacial score (nSPS) is 19.2. The van der Waals surface area contributed by atoms with Crippen molar-refractivity contribution in [3.05, 3.63) is 83.9 Å². The third-order valence-corrected chi connectivity index (χ3v) is 9.56. The number of ether oxygens (including phenoxy) is 1. The summed E-state index contributed by atoms with van der Waals surface area (Å²) < 4.78 is 33.4. The van der Waals surface area contributed by atoms with Crippen molar-refractivity contribution in [1.29, 1.82) is 5.26 Å². The van der Waals surface area contributed by atoms with E-state index >= 15 is 0 Å². The number of nitrogens with one attached hydrogen (secondary N) is 4. The number of carbonyl (C=O) groups excluding carboxylic acids is 4. The SMILES string of the molecule is N#C[C@H](C[C@@H]1CCCNC1=O)NC(=O)[C@H](CC1CCC(F)(F)CC1)NC(=O)[C@H](Cc1cccc2ccccc12)NC(=O)OCc1ccccc1. The van der Waals surface area contributed by atoms with Crippen molar-refractivity contribution in [3.63, 3.8) is 0 Å². The molecule has 4 atom stereocenters. The summed E-state index contributed by atoms with van der Waals surface area (Å²) in [5, 5.41) is 22.6. The highest BCUT2D eigenvalue weighted by Gasteiger charge is 2.38. The first-order valence-electron chi connectivity index (χ1n) is 17.2. The maximum Gasteiger partial charge on any atom is 0.408 e. The molecule has 0 radical (unpaired) electrons. The second-order valence-corrected chi connectivity index (χ2v) is 13.3. The quantitative estimate of drug-likeness (QED) is 0.192. The zero-order chi connectivity index (χ0) is 35.5. The average Bonchev–Trinajstić information content (AvgIpc) is 3.12. The second-order valence-electron chi connectivity index (χ2n) is 13.3. The molecule has 4 N–H and O–H groups in total. The standard InChI is InChI=1S/C38H43F2N5O5/c39-38(40)17-15-25(16-18-38)20-32(35(47)43-30(23-41)21-29-13-7-19-42-34(29)46)44-36(48)33(45-37(49)50-24-26-8-2-1-3-9-26)22-28-12-6-11-27-10-4-5-14-31(27)28/h1-6,8-12,14,25,29-30,32-33H,7,13,15-22,24H2,(H,42,46)(H,43,47)(H,44,48)(H,45,49)/t29-,30-,32-,33-/m0/s1. The number of fused-ring (bicyclic) bond motifs is 1. The number of hydrogen-bond acceptors (Lipinski definition) is 6. The van der Waals surface area contributed by atoms with Gasteiger partial charge in [-0.05, 0) is 66.3 Å². The predicted molar refractivity (Wildman–Crippen MR) is 183 cm³/mol. The summed E-state index contributed by atoms with van der Waals surface area (Å²) in [6, 6.07) is 21.0. The molecule has 4 amide bonds. The molecule has 0 bridgehead atoms. The van der Waals surface area contributed by atoms with E-state index in [-0.39, 0.29) is 63.4 Å². The maximum absolute atomic E-state index is 14.1. The fraction of sp³-hybridized carbons (Fsp3) is 0.447. The summed E-state index contributed by atoms with van der Waals surface area (Å²) in [5.41, 5.74) is 1.53. The van der Waals surface area contributed by atoms with E-state index in [0.717, 1.165) is 28.3 Å². The number of benzene rings is 3. The molecule has 0 aromatic heterocycles. The van der Waals surface area contributed by atoms with Gasteiger partial charge < -0.3 is 26.0 Å². The molecular weight excluding hydrogens is 644 g/mol. The van der Waals surface area contributed by atoms with Crippen molar-refractivity contribution in [3.8, 4) is 6.07 Å². The number of alkyl halides is 2. The summed E-state index contributed by atoms with van der Waals surface area (Å²) >= 11 is 0. The smallest absolute Gasteiger partial charge is 0.408 e. The molecule has 0 spiro atoms. The maximum atomic E-state index is 14.1. The lowest BCUT2D eigenvalue weighted by molar-refractivity contribution is -0.131. The van der Waals surface area contributed by atoms with Crippen LogP contribution in [0.1, 0.15) is 62.5 Å². The predicted octanol–water partition coefficient (Wildman–Crippen LogP) is 5.30. The van der Waals surface area contributed by atoms with Gasteiger partial charge in [0.1, 0.15) is 24.7 Å². The number of amides is 4. The molecule has 50 heavy (non-hydrogen) atoms. The van der Waals surface area contributed by atoms with E-state index in [9.17, 15) is 33.2 Å². The van der Waals surface area contributed by atoms with Crippen LogP contribution >= 0.6 is 0 Å². The van der Waals surface area contributed by atoms with E-state index in [4.69, 9.17) is 4.74 Å². The van der Waals surface area contributed by atoms with Gasteiger partial charge in [-0.15, -0.1) is 0 Å². The van der Waals surface area contributed by atoms with Crippen molar-refractivity contribution in [1.82, 2.24) is 21.3 Å². The van der Waals surface area contributed by atoms with Gasteiger partial charge in [-0.2, -0.15) is 5.26 Å². The molecule has 1 saturated carbocycles. The molecule has 1 aliphatic heterocycles. The summed E-state index contributed by atoms with van der Waals surface area (Å²) in [4.78, 5) is 53.2. The monoisotopic (exact) mass is 687 g/mol. The van der Waals surface area contributed by atoms with Crippen molar-refractivity contribution >= 4 is 34.6 Å². The van der Waals surface area contributed by atoms with Crippen molar-refractivity contribution in [2.75, 3.05) is 6.54 Å². The first kappa shape index (κ1) is 36.2. The van der Waals surface area contributed by atoms with Gasteiger partial charge in [0, 0.05) is 31.7 Å². The van der Waals surface area contributed by atoms with E-state index in [1.165, 1.54) is 0 Å². The van der Waals surface area contributed by atoms with Crippen molar-refractivity contribution in [2.45, 2.75) is 88.4 Å².